The molecule has 1 amide bonds. The molecule has 2 N–H and O–H groups in total. The molecule has 24 heavy (non-hydrogen) atoms. The van der Waals surface area contributed by atoms with Crippen LogP contribution in [0.5, 0.6) is 0 Å². The quantitative estimate of drug-likeness (QED) is 0.854. The van der Waals surface area contributed by atoms with E-state index in [0.717, 1.165) is 25.1 Å². The first-order valence-electron chi connectivity index (χ1n) is 8.01. The number of carbonyl (C=O) groups is 1. The van der Waals surface area contributed by atoms with Crippen molar-refractivity contribution in [1.82, 2.24) is 10.2 Å². The van der Waals surface area contributed by atoms with Gasteiger partial charge in [-0.25, -0.2) is 0 Å². The van der Waals surface area contributed by atoms with Crippen LogP contribution in [0, 0.1) is 0 Å². The molecule has 2 heterocycles. The first kappa shape index (κ1) is 17.5. The summed E-state index contributed by atoms with van der Waals surface area (Å²) in [4.78, 5) is 14.1. The summed E-state index contributed by atoms with van der Waals surface area (Å²) in [5.41, 5.74) is 0.841. The lowest BCUT2D eigenvalue weighted by Gasteiger charge is -2.29. The van der Waals surface area contributed by atoms with Crippen molar-refractivity contribution in [1.29, 1.82) is 0 Å². The van der Waals surface area contributed by atoms with Crippen molar-refractivity contribution in [3.63, 3.8) is 0 Å². The highest BCUT2D eigenvalue weighted by Gasteiger charge is 2.22. The van der Waals surface area contributed by atoms with Crippen molar-refractivity contribution in [2.75, 3.05) is 31.2 Å². The average molecular weight is 371 g/mol. The van der Waals surface area contributed by atoms with Gasteiger partial charge in [0.1, 0.15) is 5.84 Å². The van der Waals surface area contributed by atoms with Gasteiger partial charge in [-0.3, -0.25) is 14.7 Å². The monoisotopic (exact) mass is 370 g/mol. The van der Waals surface area contributed by atoms with Gasteiger partial charge in [-0.2, -0.15) is 5.10 Å². The summed E-state index contributed by atoms with van der Waals surface area (Å²) in [6.45, 7) is 2.35. The molecule has 6 nitrogen and oxygen atoms in total. The molecular formula is C16H20Cl2N4O2. The number of β-amino-alcohol motifs (C(OH)–C–C–N with tert-alkyl or cyclic N) is 1. The lowest BCUT2D eigenvalue weighted by Crippen LogP contribution is -2.45. The van der Waals surface area contributed by atoms with Crippen LogP contribution in [0.2, 0.25) is 10.0 Å². The number of nitrogens with zero attached hydrogens (tertiary/aromatic N) is 3. The molecule has 2 aliphatic rings. The lowest BCUT2D eigenvalue weighted by molar-refractivity contribution is -0.121. The normalized spacial score (nSPS) is 21.7. The molecule has 3 rings (SSSR count). The number of hydrazone groups is 1. The van der Waals surface area contributed by atoms with Gasteiger partial charge in [0.05, 0.1) is 28.4 Å². The predicted molar refractivity (Wildman–Crippen MR) is 95.7 cm³/mol. The molecule has 1 aromatic carbocycles. The Morgan fingerprint density at radius 3 is 2.92 bits per heavy atom. The Kier molecular flexibility index (Phi) is 5.61. The van der Waals surface area contributed by atoms with Gasteiger partial charge in [-0.1, -0.05) is 23.2 Å². The minimum absolute atomic E-state index is 0.0983. The summed E-state index contributed by atoms with van der Waals surface area (Å²) in [5, 5.41) is 19.7. The molecule has 1 fully saturated rings. The topological polar surface area (TPSA) is 68.2 Å². The van der Waals surface area contributed by atoms with Gasteiger partial charge in [-0.15, -0.1) is 0 Å². The number of benzene rings is 1. The van der Waals surface area contributed by atoms with Crippen molar-refractivity contribution < 1.29 is 9.90 Å². The molecular weight excluding hydrogens is 351 g/mol. The van der Waals surface area contributed by atoms with Crippen LogP contribution in [0.15, 0.2) is 23.3 Å². The minimum atomic E-state index is -0.333. The summed E-state index contributed by atoms with van der Waals surface area (Å²) in [5.74, 6) is 0.544. The first-order valence-corrected chi connectivity index (χ1v) is 8.77. The van der Waals surface area contributed by atoms with Gasteiger partial charge < -0.3 is 10.4 Å². The number of piperidine rings is 1. The Balaban J connectivity index is 1.55. The third-order valence-corrected chi connectivity index (χ3v) is 4.87. The summed E-state index contributed by atoms with van der Waals surface area (Å²) in [6.07, 6.45) is 2.05. The van der Waals surface area contributed by atoms with Gasteiger partial charge in [0, 0.05) is 19.5 Å². The molecule has 0 aromatic heterocycles. The van der Waals surface area contributed by atoms with Crippen LogP contribution in [0.25, 0.3) is 0 Å². The molecule has 0 bridgehead atoms. The van der Waals surface area contributed by atoms with Gasteiger partial charge in [-0.05, 0) is 37.6 Å². The fraction of sp³-hybridized carbons (Fsp3) is 0.500. The Hall–Kier alpha value is -1.34. The summed E-state index contributed by atoms with van der Waals surface area (Å²) in [7, 11) is 0. The maximum absolute atomic E-state index is 12.1. The summed E-state index contributed by atoms with van der Waals surface area (Å²) in [6, 6.07) is 5.33. The number of carbonyl (C=O) groups excluding carboxylic acids is 1. The van der Waals surface area contributed by atoms with E-state index < -0.39 is 0 Å². The number of halogens is 2. The van der Waals surface area contributed by atoms with E-state index in [4.69, 9.17) is 23.2 Å². The smallest absolute Gasteiger partial charge is 0.239 e. The zero-order valence-corrected chi connectivity index (χ0v) is 14.7. The molecule has 0 aliphatic carbocycles. The molecule has 8 heteroatoms. The second-order valence-electron chi connectivity index (χ2n) is 6.10. The highest BCUT2D eigenvalue weighted by atomic mass is 35.5. The van der Waals surface area contributed by atoms with E-state index in [1.165, 1.54) is 0 Å². The van der Waals surface area contributed by atoms with Crippen LogP contribution in [0.3, 0.4) is 0 Å². The average Bonchev–Trinajstić information content (AvgIpc) is 2.98. The molecule has 0 spiro atoms. The maximum atomic E-state index is 12.1. The number of aliphatic hydroxyl groups is 1. The predicted octanol–water partition coefficient (Wildman–Crippen LogP) is 2.09. The second kappa shape index (κ2) is 7.70. The molecule has 2 aliphatic heterocycles. The van der Waals surface area contributed by atoms with E-state index in [1.807, 2.05) is 11.0 Å². The number of rotatable bonds is 3. The highest BCUT2D eigenvalue weighted by molar-refractivity contribution is 6.42. The lowest BCUT2D eigenvalue weighted by atomic mass is 10.1. The van der Waals surface area contributed by atoms with E-state index >= 15 is 0 Å². The molecule has 1 aromatic rings. The van der Waals surface area contributed by atoms with Gasteiger partial charge >= 0.3 is 0 Å². The number of aliphatic hydroxyl groups excluding tert-OH is 1. The maximum Gasteiger partial charge on any atom is 0.239 e. The molecule has 130 valence electrons. The van der Waals surface area contributed by atoms with E-state index in [2.05, 4.69) is 10.4 Å². The van der Waals surface area contributed by atoms with E-state index in [-0.39, 0.29) is 18.6 Å². The zero-order valence-electron chi connectivity index (χ0n) is 13.2. The standard InChI is InChI=1S/C16H20Cl2N4O2/c17-13-4-3-11(8-14(13)18)22-7-5-15(20-22)19-16(24)10-21-6-1-2-12(23)9-21/h3-4,8,12,23H,1-2,5-7,9-10H2,(H,19,20,24)/t12-/m1/s1. The second-order valence-corrected chi connectivity index (χ2v) is 6.91. The van der Waals surface area contributed by atoms with Crippen LogP contribution in [-0.2, 0) is 4.79 Å². The number of hydrogen-bond acceptors (Lipinski definition) is 5. The SMILES string of the molecule is O=C(CN1CCC[C@@H](O)C1)NC1=NN(c2ccc(Cl)c(Cl)c2)CC1. The number of likely N-dealkylation sites (tertiary alicyclic amines) is 1. The van der Waals surface area contributed by atoms with E-state index in [1.54, 1.807) is 17.1 Å². The Bertz CT molecular complexity index is 653. The number of hydrogen-bond donors (Lipinski definition) is 2. The number of amidine groups is 1. The van der Waals surface area contributed by atoms with Gasteiger partial charge in [0.2, 0.25) is 5.91 Å². The minimum Gasteiger partial charge on any atom is -0.392 e. The van der Waals surface area contributed by atoms with Crippen LogP contribution in [0.1, 0.15) is 19.3 Å². The summed E-state index contributed by atoms with van der Waals surface area (Å²) < 4.78 is 0. The van der Waals surface area contributed by atoms with Gasteiger partial charge in [0.25, 0.3) is 0 Å². The molecule has 0 radical (unpaired) electrons. The van der Waals surface area contributed by atoms with Crippen molar-refractivity contribution in [3.8, 4) is 0 Å². The van der Waals surface area contributed by atoms with Crippen LogP contribution >= 0.6 is 23.2 Å². The molecule has 0 saturated carbocycles. The zero-order chi connectivity index (χ0) is 17.1. The Morgan fingerprint density at radius 2 is 2.17 bits per heavy atom. The molecule has 0 unspecified atom stereocenters. The largest absolute Gasteiger partial charge is 0.392 e. The molecule has 1 atom stereocenters. The van der Waals surface area contributed by atoms with Crippen molar-refractivity contribution in [3.05, 3.63) is 28.2 Å². The van der Waals surface area contributed by atoms with Crippen molar-refractivity contribution >= 4 is 40.6 Å². The number of nitrogens with one attached hydrogen (secondary N) is 1. The van der Waals surface area contributed by atoms with Crippen molar-refractivity contribution in [2.24, 2.45) is 5.10 Å². The highest BCUT2D eigenvalue weighted by Crippen LogP contribution is 2.28. The third-order valence-electron chi connectivity index (χ3n) is 4.13. The van der Waals surface area contributed by atoms with Crippen LogP contribution in [-0.4, -0.2) is 54.0 Å². The first-order chi connectivity index (χ1) is 11.5. The fourth-order valence-corrected chi connectivity index (χ4v) is 3.25. The third kappa shape index (κ3) is 4.39. The fourth-order valence-electron chi connectivity index (χ4n) is 2.96. The Morgan fingerprint density at radius 1 is 1.33 bits per heavy atom. The number of amides is 1. The van der Waals surface area contributed by atoms with E-state index in [9.17, 15) is 9.90 Å². The molecule has 1 saturated heterocycles. The summed E-state index contributed by atoms with van der Waals surface area (Å²) >= 11 is 12.0. The Labute approximate surface area is 151 Å². The van der Waals surface area contributed by atoms with Crippen LogP contribution < -0.4 is 10.3 Å². The van der Waals surface area contributed by atoms with Gasteiger partial charge in [0.15, 0.2) is 0 Å². The van der Waals surface area contributed by atoms with E-state index in [0.29, 0.717) is 35.4 Å². The van der Waals surface area contributed by atoms with Crippen LogP contribution in [0.4, 0.5) is 5.69 Å². The number of anilines is 1. The van der Waals surface area contributed by atoms with Crippen molar-refractivity contribution in [2.45, 2.75) is 25.4 Å².